The lowest BCUT2D eigenvalue weighted by Gasteiger charge is -2.15. The molecule has 5 heteroatoms. The van der Waals surface area contributed by atoms with E-state index in [4.69, 9.17) is 9.47 Å². The first-order valence-electron chi connectivity index (χ1n) is 6.00. The van der Waals surface area contributed by atoms with Crippen molar-refractivity contribution in [1.29, 1.82) is 0 Å². The van der Waals surface area contributed by atoms with E-state index < -0.39 is 6.10 Å². The summed E-state index contributed by atoms with van der Waals surface area (Å²) in [6, 6.07) is 11.0. The van der Waals surface area contributed by atoms with Crippen molar-refractivity contribution in [3.8, 4) is 17.2 Å². The lowest BCUT2D eigenvalue weighted by atomic mass is 10.1. The van der Waals surface area contributed by atoms with E-state index in [1.54, 1.807) is 14.0 Å². The minimum absolute atomic E-state index is 0.591. The van der Waals surface area contributed by atoms with Gasteiger partial charge in [0.1, 0.15) is 17.2 Å². The second-order valence-electron chi connectivity index (χ2n) is 4.23. The molecule has 0 radical (unpaired) electrons. The van der Waals surface area contributed by atoms with Gasteiger partial charge in [-0.3, -0.25) is 0 Å². The largest absolute Gasteiger partial charge is 0.496 e. The highest BCUT2D eigenvalue weighted by molar-refractivity contribution is 9.11. The van der Waals surface area contributed by atoms with Gasteiger partial charge in [0.25, 0.3) is 0 Å². The zero-order valence-corrected chi connectivity index (χ0v) is 14.2. The molecular formula is C15H14Br2O3. The molecular weight excluding hydrogens is 388 g/mol. The third-order valence-electron chi connectivity index (χ3n) is 2.80. The van der Waals surface area contributed by atoms with Gasteiger partial charge in [0.05, 0.1) is 22.2 Å². The van der Waals surface area contributed by atoms with E-state index in [1.165, 1.54) is 0 Å². The number of rotatable bonds is 4. The Bertz CT molecular complexity index is 612. The van der Waals surface area contributed by atoms with Gasteiger partial charge in [0.2, 0.25) is 0 Å². The smallest absolute Gasteiger partial charge is 0.143 e. The van der Waals surface area contributed by atoms with Crippen molar-refractivity contribution >= 4 is 31.9 Å². The fraction of sp³-hybridized carbons (Fsp3) is 0.200. The molecule has 1 atom stereocenters. The number of methoxy groups -OCH3 is 1. The molecule has 106 valence electrons. The molecule has 2 aromatic carbocycles. The van der Waals surface area contributed by atoms with E-state index >= 15 is 0 Å². The monoisotopic (exact) mass is 400 g/mol. The predicted molar refractivity (Wildman–Crippen MR) is 85.5 cm³/mol. The summed E-state index contributed by atoms with van der Waals surface area (Å²) in [6.07, 6.45) is -0.591. The molecule has 0 spiro atoms. The number of halogens is 2. The Morgan fingerprint density at radius 2 is 1.60 bits per heavy atom. The van der Waals surface area contributed by atoms with E-state index in [1.807, 2.05) is 36.4 Å². The van der Waals surface area contributed by atoms with Gasteiger partial charge in [-0.15, -0.1) is 0 Å². The molecule has 0 saturated heterocycles. The molecule has 0 aromatic heterocycles. The highest BCUT2D eigenvalue weighted by Crippen LogP contribution is 2.39. The highest BCUT2D eigenvalue weighted by Gasteiger charge is 2.13. The maximum absolute atomic E-state index is 9.77. The number of hydrogen-bond acceptors (Lipinski definition) is 3. The molecule has 0 fully saturated rings. The minimum Gasteiger partial charge on any atom is -0.496 e. The van der Waals surface area contributed by atoms with Crippen LogP contribution in [0.5, 0.6) is 17.2 Å². The maximum Gasteiger partial charge on any atom is 0.143 e. The average Bonchev–Trinajstić information content (AvgIpc) is 2.42. The van der Waals surface area contributed by atoms with E-state index in [0.717, 1.165) is 14.5 Å². The molecule has 0 saturated carbocycles. The van der Waals surface area contributed by atoms with Gasteiger partial charge in [-0.05, 0) is 57.0 Å². The summed E-state index contributed by atoms with van der Waals surface area (Å²) in [5, 5.41) is 9.77. The first-order valence-corrected chi connectivity index (χ1v) is 7.59. The summed E-state index contributed by atoms with van der Waals surface area (Å²) in [4.78, 5) is 0. The first-order chi connectivity index (χ1) is 9.52. The van der Waals surface area contributed by atoms with Crippen LogP contribution in [0, 0.1) is 0 Å². The number of para-hydroxylation sites is 1. The second-order valence-corrected chi connectivity index (χ2v) is 5.94. The number of aliphatic hydroxyl groups excluding tert-OH is 1. The van der Waals surface area contributed by atoms with Gasteiger partial charge in [-0.25, -0.2) is 0 Å². The summed E-state index contributed by atoms with van der Waals surface area (Å²) < 4.78 is 12.7. The zero-order valence-electron chi connectivity index (χ0n) is 11.1. The second kappa shape index (κ2) is 6.61. The molecule has 20 heavy (non-hydrogen) atoms. The van der Waals surface area contributed by atoms with Crippen LogP contribution in [0.3, 0.4) is 0 Å². The third kappa shape index (κ3) is 3.34. The van der Waals surface area contributed by atoms with Crippen LogP contribution in [0.2, 0.25) is 0 Å². The normalized spacial score (nSPS) is 12.1. The topological polar surface area (TPSA) is 38.7 Å². The average molecular weight is 402 g/mol. The summed E-state index contributed by atoms with van der Waals surface area (Å²) in [7, 11) is 1.61. The van der Waals surface area contributed by atoms with Gasteiger partial charge in [-0.1, -0.05) is 18.2 Å². The Balaban J connectivity index is 2.38. The van der Waals surface area contributed by atoms with Crippen molar-refractivity contribution in [2.75, 3.05) is 7.11 Å². The lowest BCUT2D eigenvalue weighted by Crippen LogP contribution is -1.96. The van der Waals surface area contributed by atoms with E-state index in [0.29, 0.717) is 17.2 Å². The number of hydrogen-bond donors (Lipinski definition) is 1. The maximum atomic E-state index is 9.77. The van der Waals surface area contributed by atoms with Gasteiger partial charge in [-0.2, -0.15) is 0 Å². The molecule has 2 aromatic rings. The number of aliphatic hydroxyl groups is 1. The van der Waals surface area contributed by atoms with Crippen LogP contribution in [0.15, 0.2) is 45.3 Å². The quantitative estimate of drug-likeness (QED) is 0.777. The summed E-state index contributed by atoms with van der Waals surface area (Å²) in [5.74, 6) is 1.99. The first kappa shape index (κ1) is 15.4. The minimum atomic E-state index is -0.591. The van der Waals surface area contributed by atoms with Gasteiger partial charge in [0, 0.05) is 5.56 Å². The number of ether oxygens (including phenoxy) is 2. The van der Waals surface area contributed by atoms with E-state index in [-0.39, 0.29) is 0 Å². The van der Waals surface area contributed by atoms with Gasteiger partial charge < -0.3 is 14.6 Å². The molecule has 3 nitrogen and oxygen atoms in total. The Kier molecular flexibility index (Phi) is 5.07. The molecule has 0 aliphatic heterocycles. The van der Waals surface area contributed by atoms with Crippen LogP contribution < -0.4 is 9.47 Å². The number of benzene rings is 2. The van der Waals surface area contributed by atoms with Crippen molar-refractivity contribution in [3.63, 3.8) is 0 Å². The highest BCUT2D eigenvalue weighted by atomic mass is 79.9. The molecule has 1 N–H and O–H groups in total. The third-order valence-corrected chi connectivity index (χ3v) is 4.03. The molecule has 0 unspecified atom stereocenters. The van der Waals surface area contributed by atoms with Crippen LogP contribution in [-0.2, 0) is 0 Å². The fourth-order valence-corrected chi connectivity index (χ4v) is 2.67. The molecule has 0 bridgehead atoms. The molecule has 0 amide bonds. The SMILES string of the molecule is COc1cc(Br)c(Oc2ccccc2[C@H](C)O)cc1Br. The van der Waals surface area contributed by atoms with Gasteiger partial charge >= 0.3 is 0 Å². The molecule has 2 rings (SSSR count). The van der Waals surface area contributed by atoms with Crippen molar-refractivity contribution in [2.45, 2.75) is 13.0 Å². The van der Waals surface area contributed by atoms with Crippen LogP contribution in [-0.4, -0.2) is 12.2 Å². The Morgan fingerprint density at radius 1 is 1.00 bits per heavy atom. The Morgan fingerprint density at radius 3 is 2.25 bits per heavy atom. The van der Waals surface area contributed by atoms with E-state index in [2.05, 4.69) is 31.9 Å². The Hall–Kier alpha value is -1.04. The van der Waals surface area contributed by atoms with Crippen molar-refractivity contribution in [3.05, 3.63) is 50.9 Å². The lowest BCUT2D eigenvalue weighted by molar-refractivity contribution is 0.195. The van der Waals surface area contributed by atoms with Crippen molar-refractivity contribution in [1.82, 2.24) is 0 Å². The summed E-state index contributed by atoms with van der Waals surface area (Å²) >= 11 is 6.88. The van der Waals surface area contributed by atoms with Crippen molar-refractivity contribution in [2.24, 2.45) is 0 Å². The molecule has 0 aliphatic carbocycles. The predicted octanol–water partition coefficient (Wildman–Crippen LogP) is 5.07. The van der Waals surface area contributed by atoms with Crippen LogP contribution in [0.1, 0.15) is 18.6 Å². The van der Waals surface area contributed by atoms with E-state index in [9.17, 15) is 5.11 Å². The van der Waals surface area contributed by atoms with Gasteiger partial charge in [0.15, 0.2) is 0 Å². The fourth-order valence-electron chi connectivity index (χ4n) is 1.78. The Labute approximate surface area is 134 Å². The summed E-state index contributed by atoms with van der Waals surface area (Å²) in [5.41, 5.74) is 0.742. The van der Waals surface area contributed by atoms with Crippen molar-refractivity contribution < 1.29 is 14.6 Å². The standard InChI is InChI=1S/C15H14Br2O3/c1-9(18)10-5-3-4-6-13(10)20-15-8-11(16)14(19-2)7-12(15)17/h3-9,18H,1-2H3/t9-/m0/s1. The van der Waals surface area contributed by atoms with Crippen LogP contribution >= 0.6 is 31.9 Å². The molecule has 0 aliphatic rings. The van der Waals surface area contributed by atoms with Crippen LogP contribution in [0.4, 0.5) is 0 Å². The zero-order chi connectivity index (χ0) is 14.7. The molecule has 0 heterocycles. The van der Waals surface area contributed by atoms with Crippen LogP contribution in [0.25, 0.3) is 0 Å². The summed E-state index contributed by atoms with van der Waals surface area (Å²) in [6.45, 7) is 1.71.